The summed E-state index contributed by atoms with van der Waals surface area (Å²) in [6.45, 7) is 2.00. The fourth-order valence-corrected chi connectivity index (χ4v) is 3.76. The number of benzene rings is 1. The molecule has 1 aromatic carbocycles. The normalized spacial score (nSPS) is 16.0. The summed E-state index contributed by atoms with van der Waals surface area (Å²) < 4.78 is 5.92. The van der Waals surface area contributed by atoms with E-state index in [1.54, 1.807) is 12.4 Å². The molecule has 1 amide bonds. The van der Waals surface area contributed by atoms with E-state index in [-0.39, 0.29) is 11.9 Å². The number of rotatable bonds is 7. The smallest absolute Gasteiger partial charge is 0.258 e. The van der Waals surface area contributed by atoms with Crippen LogP contribution in [0.15, 0.2) is 60.9 Å². The number of para-hydroxylation sites is 1. The molecular weight excluding hydrogens is 390 g/mol. The number of amides is 1. The molecule has 0 radical (unpaired) electrons. The van der Waals surface area contributed by atoms with E-state index in [1.165, 1.54) is 0 Å². The third-order valence-electron chi connectivity index (χ3n) is 5.34. The Balaban J connectivity index is 1.56. The zero-order chi connectivity index (χ0) is 21.6. The van der Waals surface area contributed by atoms with Gasteiger partial charge in [-0.2, -0.15) is 0 Å². The molecule has 3 heterocycles. The van der Waals surface area contributed by atoms with Crippen LogP contribution in [0.4, 0.5) is 0 Å². The third-order valence-corrected chi connectivity index (χ3v) is 5.34. The van der Waals surface area contributed by atoms with E-state index in [0.29, 0.717) is 30.3 Å². The number of ether oxygens (including phenoxy) is 1. The SMILES string of the molecule is CN(C)CCOc1ccccc1C(=O)N1CCCC1c1ccnc(-c2ccccn2)n1. The Hall–Kier alpha value is -3.32. The number of nitrogens with zero attached hydrogens (tertiary/aromatic N) is 5. The molecule has 1 unspecified atom stereocenters. The highest BCUT2D eigenvalue weighted by atomic mass is 16.5. The van der Waals surface area contributed by atoms with Crippen molar-refractivity contribution in [3.05, 3.63) is 72.2 Å². The molecule has 0 saturated carbocycles. The Morgan fingerprint density at radius 3 is 2.74 bits per heavy atom. The molecule has 1 atom stereocenters. The van der Waals surface area contributed by atoms with Crippen molar-refractivity contribution < 1.29 is 9.53 Å². The topological polar surface area (TPSA) is 71.5 Å². The minimum Gasteiger partial charge on any atom is -0.491 e. The van der Waals surface area contributed by atoms with E-state index in [2.05, 4.69) is 14.9 Å². The van der Waals surface area contributed by atoms with E-state index in [4.69, 9.17) is 9.72 Å². The molecule has 160 valence electrons. The standard InChI is InChI=1S/C24H27N5O2/c1-28(2)16-17-31-22-11-4-3-8-18(22)24(30)29-15-7-10-21(29)19-12-14-26-23(27-19)20-9-5-6-13-25-20/h3-6,8-9,11-14,21H,7,10,15-17H2,1-2H3. The Kier molecular flexibility index (Phi) is 6.52. The molecule has 0 bridgehead atoms. The molecular formula is C24H27N5O2. The molecule has 4 rings (SSSR count). The Morgan fingerprint density at radius 2 is 1.94 bits per heavy atom. The fourth-order valence-electron chi connectivity index (χ4n) is 3.76. The number of carbonyl (C=O) groups excluding carboxylic acids is 1. The Morgan fingerprint density at radius 1 is 1.10 bits per heavy atom. The highest BCUT2D eigenvalue weighted by Gasteiger charge is 2.33. The molecule has 1 saturated heterocycles. The first kappa shape index (κ1) is 20.9. The van der Waals surface area contributed by atoms with Gasteiger partial charge in [-0.05, 0) is 57.3 Å². The summed E-state index contributed by atoms with van der Waals surface area (Å²) in [5, 5.41) is 0. The van der Waals surface area contributed by atoms with E-state index in [0.717, 1.165) is 30.8 Å². The van der Waals surface area contributed by atoms with Gasteiger partial charge < -0.3 is 14.5 Å². The van der Waals surface area contributed by atoms with E-state index >= 15 is 0 Å². The average Bonchev–Trinajstić information content (AvgIpc) is 3.29. The monoisotopic (exact) mass is 417 g/mol. The van der Waals surface area contributed by atoms with Gasteiger partial charge in [0.2, 0.25) is 0 Å². The van der Waals surface area contributed by atoms with Crippen LogP contribution in [0.25, 0.3) is 11.5 Å². The lowest BCUT2D eigenvalue weighted by Gasteiger charge is -2.25. The Bertz CT molecular complexity index is 1030. The second-order valence-electron chi connectivity index (χ2n) is 7.82. The van der Waals surface area contributed by atoms with Crippen molar-refractivity contribution in [2.24, 2.45) is 0 Å². The van der Waals surface area contributed by atoms with Crippen molar-refractivity contribution in [1.82, 2.24) is 24.8 Å². The zero-order valence-corrected chi connectivity index (χ0v) is 17.9. The van der Waals surface area contributed by atoms with Crippen molar-refractivity contribution in [3.63, 3.8) is 0 Å². The van der Waals surface area contributed by atoms with Crippen molar-refractivity contribution >= 4 is 5.91 Å². The number of hydrogen-bond donors (Lipinski definition) is 0. The summed E-state index contributed by atoms with van der Waals surface area (Å²) in [5.41, 5.74) is 2.15. The predicted octanol–water partition coefficient (Wildman–Crippen LogP) is 3.46. The van der Waals surface area contributed by atoms with Gasteiger partial charge in [0.1, 0.15) is 18.1 Å². The van der Waals surface area contributed by atoms with Gasteiger partial charge in [-0.1, -0.05) is 18.2 Å². The molecule has 0 N–H and O–H groups in total. The maximum absolute atomic E-state index is 13.5. The molecule has 3 aromatic rings. The van der Waals surface area contributed by atoms with Crippen molar-refractivity contribution in [3.8, 4) is 17.3 Å². The summed E-state index contributed by atoms with van der Waals surface area (Å²) in [6.07, 6.45) is 5.27. The lowest BCUT2D eigenvalue weighted by atomic mass is 10.1. The predicted molar refractivity (Wildman–Crippen MR) is 119 cm³/mol. The van der Waals surface area contributed by atoms with Crippen LogP contribution in [0.1, 0.15) is 34.9 Å². The highest BCUT2D eigenvalue weighted by Crippen LogP contribution is 2.34. The number of likely N-dealkylation sites (tertiary alicyclic amines) is 1. The van der Waals surface area contributed by atoms with E-state index in [9.17, 15) is 4.79 Å². The Labute approximate surface area is 182 Å². The highest BCUT2D eigenvalue weighted by molar-refractivity contribution is 5.97. The van der Waals surface area contributed by atoms with Crippen LogP contribution in [-0.2, 0) is 0 Å². The van der Waals surface area contributed by atoms with Crippen LogP contribution in [0.3, 0.4) is 0 Å². The van der Waals surface area contributed by atoms with Gasteiger partial charge in [0.05, 0.1) is 17.3 Å². The van der Waals surface area contributed by atoms with Crippen LogP contribution < -0.4 is 4.74 Å². The van der Waals surface area contributed by atoms with Gasteiger partial charge in [0.15, 0.2) is 5.82 Å². The maximum Gasteiger partial charge on any atom is 0.258 e. The molecule has 0 aliphatic carbocycles. The minimum absolute atomic E-state index is 0.0269. The van der Waals surface area contributed by atoms with Crippen LogP contribution in [-0.4, -0.2) is 64.5 Å². The molecule has 31 heavy (non-hydrogen) atoms. The van der Waals surface area contributed by atoms with Gasteiger partial charge in [0.25, 0.3) is 5.91 Å². The van der Waals surface area contributed by atoms with Gasteiger partial charge in [-0.3, -0.25) is 9.78 Å². The second kappa shape index (κ2) is 9.66. The lowest BCUT2D eigenvalue weighted by Crippen LogP contribution is -2.31. The quantitative estimate of drug-likeness (QED) is 0.586. The van der Waals surface area contributed by atoms with Crippen LogP contribution in [0.5, 0.6) is 5.75 Å². The van der Waals surface area contributed by atoms with Crippen LogP contribution in [0, 0.1) is 0 Å². The molecule has 1 aliphatic heterocycles. The van der Waals surface area contributed by atoms with Crippen LogP contribution >= 0.6 is 0 Å². The van der Waals surface area contributed by atoms with Gasteiger partial charge >= 0.3 is 0 Å². The summed E-state index contributed by atoms with van der Waals surface area (Å²) in [5.74, 6) is 1.17. The molecule has 1 fully saturated rings. The van der Waals surface area contributed by atoms with Crippen LogP contribution in [0.2, 0.25) is 0 Å². The maximum atomic E-state index is 13.5. The summed E-state index contributed by atoms with van der Waals surface area (Å²) >= 11 is 0. The average molecular weight is 418 g/mol. The first-order valence-corrected chi connectivity index (χ1v) is 10.6. The van der Waals surface area contributed by atoms with Gasteiger partial charge in [-0.25, -0.2) is 9.97 Å². The number of hydrogen-bond acceptors (Lipinski definition) is 6. The number of pyridine rings is 1. The van der Waals surface area contributed by atoms with Gasteiger partial charge in [0, 0.05) is 25.5 Å². The number of carbonyl (C=O) groups is 1. The van der Waals surface area contributed by atoms with Crippen molar-refractivity contribution in [2.75, 3.05) is 33.8 Å². The molecule has 0 spiro atoms. The first-order valence-electron chi connectivity index (χ1n) is 10.6. The molecule has 7 nitrogen and oxygen atoms in total. The van der Waals surface area contributed by atoms with Crippen molar-refractivity contribution in [1.29, 1.82) is 0 Å². The largest absolute Gasteiger partial charge is 0.491 e. The minimum atomic E-state index is -0.0900. The fraction of sp³-hybridized carbons (Fsp3) is 0.333. The first-order chi connectivity index (χ1) is 15.1. The molecule has 1 aliphatic rings. The lowest BCUT2D eigenvalue weighted by molar-refractivity contribution is 0.0728. The third kappa shape index (κ3) is 4.88. The second-order valence-corrected chi connectivity index (χ2v) is 7.82. The van der Waals surface area contributed by atoms with Crippen molar-refractivity contribution in [2.45, 2.75) is 18.9 Å². The van der Waals surface area contributed by atoms with E-state index < -0.39 is 0 Å². The summed E-state index contributed by atoms with van der Waals surface area (Å²) in [7, 11) is 3.99. The zero-order valence-electron chi connectivity index (χ0n) is 17.9. The molecule has 7 heteroatoms. The number of aromatic nitrogens is 3. The summed E-state index contributed by atoms with van der Waals surface area (Å²) in [6, 6.07) is 14.9. The molecule has 2 aromatic heterocycles. The summed E-state index contributed by atoms with van der Waals surface area (Å²) in [4.78, 5) is 30.9. The van der Waals surface area contributed by atoms with E-state index in [1.807, 2.05) is 67.5 Å². The van der Waals surface area contributed by atoms with Gasteiger partial charge in [-0.15, -0.1) is 0 Å². The number of likely N-dealkylation sites (N-methyl/N-ethyl adjacent to an activating group) is 1.